The van der Waals surface area contributed by atoms with Gasteiger partial charge in [-0.3, -0.25) is 5.32 Å². The summed E-state index contributed by atoms with van der Waals surface area (Å²) in [6.07, 6.45) is 1.56. The van der Waals surface area contributed by atoms with Crippen LogP contribution in [0.1, 0.15) is 23.1 Å². The first kappa shape index (κ1) is 15.1. The largest absolute Gasteiger partial charge is 0.467 e. The third kappa shape index (κ3) is 4.32. The Morgan fingerprint density at radius 2 is 2.24 bits per heavy atom. The highest BCUT2D eigenvalue weighted by atomic mass is 16.5. The van der Waals surface area contributed by atoms with Gasteiger partial charge in [-0.1, -0.05) is 0 Å². The lowest BCUT2D eigenvalue weighted by atomic mass is 10.2. The molecule has 2 heterocycles. The van der Waals surface area contributed by atoms with Gasteiger partial charge in [-0.25, -0.2) is 9.78 Å². The van der Waals surface area contributed by atoms with Gasteiger partial charge in [-0.2, -0.15) is 0 Å². The molecule has 0 radical (unpaired) electrons. The number of aromatic nitrogens is 1. The summed E-state index contributed by atoms with van der Waals surface area (Å²) in [7, 11) is 1.57. The number of nitrogens with zero attached hydrogens (tertiary/aromatic N) is 1. The monoisotopic (exact) mass is 289 g/mol. The van der Waals surface area contributed by atoms with E-state index in [0.717, 1.165) is 11.3 Å². The van der Waals surface area contributed by atoms with Gasteiger partial charge in [0.25, 0.3) is 0 Å². The summed E-state index contributed by atoms with van der Waals surface area (Å²) in [5, 5.41) is 5.51. The van der Waals surface area contributed by atoms with Crippen LogP contribution in [0, 0.1) is 13.8 Å². The van der Waals surface area contributed by atoms with Crippen molar-refractivity contribution < 1.29 is 13.9 Å². The van der Waals surface area contributed by atoms with Crippen molar-refractivity contribution in [3.63, 3.8) is 0 Å². The first-order valence-corrected chi connectivity index (χ1v) is 6.63. The molecule has 0 spiro atoms. The van der Waals surface area contributed by atoms with E-state index in [1.165, 1.54) is 0 Å². The van der Waals surface area contributed by atoms with Crippen LogP contribution in [-0.4, -0.2) is 24.7 Å². The third-order valence-corrected chi connectivity index (χ3v) is 2.86. The van der Waals surface area contributed by atoms with Gasteiger partial charge >= 0.3 is 6.03 Å². The Kier molecular flexibility index (Phi) is 4.94. The first-order valence-electron chi connectivity index (χ1n) is 6.63. The number of carbonyl (C=O) groups is 1. The topological polar surface area (TPSA) is 76.4 Å². The molecular weight excluding hydrogens is 270 g/mol. The average molecular weight is 289 g/mol. The van der Waals surface area contributed by atoms with Crippen molar-refractivity contribution >= 4 is 11.8 Å². The molecule has 0 saturated heterocycles. The van der Waals surface area contributed by atoms with Gasteiger partial charge in [0.05, 0.1) is 12.9 Å². The van der Waals surface area contributed by atoms with Crippen LogP contribution in [0.3, 0.4) is 0 Å². The minimum absolute atomic E-state index is 0.321. The number of amides is 2. The molecule has 6 heteroatoms. The molecule has 6 nitrogen and oxygen atoms in total. The van der Waals surface area contributed by atoms with Crippen LogP contribution < -0.4 is 10.6 Å². The summed E-state index contributed by atoms with van der Waals surface area (Å²) < 4.78 is 10.4. The minimum Gasteiger partial charge on any atom is -0.467 e. The minimum atomic E-state index is -0.356. The van der Waals surface area contributed by atoms with Crippen molar-refractivity contribution in [3.05, 3.63) is 47.5 Å². The average Bonchev–Trinajstić information content (AvgIpc) is 2.90. The van der Waals surface area contributed by atoms with Crippen molar-refractivity contribution in [1.82, 2.24) is 10.3 Å². The van der Waals surface area contributed by atoms with Crippen molar-refractivity contribution in [3.8, 4) is 0 Å². The number of hydrogen-bond donors (Lipinski definition) is 2. The molecule has 1 atom stereocenters. The van der Waals surface area contributed by atoms with Crippen molar-refractivity contribution in [2.24, 2.45) is 0 Å². The maximum Gasteiger partial charge on any atom is 0.321 e. The molecule has 0 aliphatic carbocycles. The molecule has 2 aromatic rings. The number of pyridine rings is 1. The van der Waals surface area contributed by atoms with E-state index < -0.39 is 0 Å². The summed E-state index contributed by atoms with van der Waals surface area (Å²) in [4.78, 5) is 16.3. The Balaban J connectivity index is 2.02. The van der Waals surface area contributed by atoms with Crippen LogP contribution in [0.5, 0.6) is 0 Å². The van der Waals surface area contributed by atoms with Gasteiger partial charge in [0, 0.05) is 12.8 Å². The normalized spacial score (nSPS) is 12.0. The van der Waals surface area contributed by atoms with Crippen LogP contribution in [0.15, 0.2) is 34.9 Å². The fourth-order valence-corrected chi connectivity index (χ4v) is 2.07. The Morgan fingerprint density at radius 1 is 1.43 bits per heavy atom. The molecule has 21 heavy (non-hydrogen) atoms. The molecule has 0 aromatic carbocycles. The van der Waals surface area contributed by atoms with Crippen LogP contribution in [0.25, 0.3) is 0 Å². The predicted molar refractivity (Wildman–Crippen MR) is 79.2 cm³/mol. The van der Waals surface area contributed by atoms with E-state index in [4.69, 9.17) is 9.15 Å². The highest BCUT2D eigenvalue weighted by molar-refractivity contribution is 5.88. The number of urea groups is 1. The Labute approximate surface area is 123 Å². The molecule has 0 aliphatic rings. The second-order valence-electron chi connectivity index (χ2n) is 4.79. The van der Waals surface area contributed by atoms with Crippen LogP contribution >= 0.6 is 0 Å². The number of nitrogens with one attached hydrogen (secondary N) is 2. The summed E-state index contributed by atoms with van der Waals surface area (Å²) in [5.41, 5.74) is 1.89. The quantitative estimate of drug-likeness (QED) is 0.887. The lowest BCUT2D eigenvalue weighted by Gasteiger charge is -2.16. The lowest BCUT2D eigenvalue weighted by molar-refractivity contribution is 0.159. The van der Waals surface area contributed by atoms with E-state index in [2.05, 4.69) is 15.6 Å². The standard InChI is InChI=1S/C15H19N3O3/c1-10-7-11(2)16-14(8-10)18-15(19)17-12(9-20-3)13-5-4-6-21-13/h4-8,12H,9H2,1-3H3,(H2,16,17,18,19)/t12-/m1/s1. The second kappa shape index (κ2) is 6.90. The van der Waals surface area contributed by atoms with E-state index in [1.807, 2.05) is 26.0 Å². The molecule has 2 amide bonds. The van der Waals surface area contributed by atoms with Crippen LogP contribution in [0.4, 0.5) is 10.6 Å². The van der Waals surface area contributed by atoms with Gasteiger partial charge in [-0.15, -0.1) is 0 Å². The van der Waals surface area contributed by atoms with Crippen molar-refractivity contribution in [1.29, 1.82) is 0 Å². The maximum atomic E-state index is 12.1. The number of furan rings is 1. The summed E-state index contributed by atoms with van der Waals surface area (Å²) in [6, 6.07) is 6.61. The zero-order valence-electron chi connectivity index (χ0n) is 12.3. The van der Waals surface area contributed by atoms with Crippen LogP contribution in [0.2, 0.25) is 0 Å². The number of hydrogen-bond acceptors (Lipinski definition) is 4. The first-order chi connectivity index (χ1) is 10.1. The highest BCUT2D eigenvalue weighted by Crippen LogP contribution is 2.14. The van der Waals surface area contributed by atoms with Gasteiger partial charge in [0.15, 0.2) is 0 Å². The van der Waals surface area contributed by atoms with E-state index in [1.54, 1.807) is 25.5 Å². The number of carbonyl (C=O) groups excluding carboxylic acids is 1. The van der Waals surface area contributed by atoms with Crippen molar-refractivity contribution in [2.45, 2.75) is 19.9 Å². The molecule has 0 bridgehead atoms. The van der Waals surface area contributed by atoms with E-state index >= 15 is 0 Å². The van der Waals surface area contributed by atoms with E-state index in [-0.39, 0.29) is 12.1 Å². The molecule has 0 fully saturated rings. The van der Waals surface area contributed by atoms with E-state index in [0.29, 0.717) is 18.2 Å². The smallest absolute Gasteiger partial charge is 0.321 e. The molecule has 2 N–H and O–H groups in total. The van der Waals surface area contributed by atoms with Gasteiger partial charge in [0.1, 0.15) is 17.6 Å². The fourth-order valence-electron chi connectivity index (χ4n) is 2.07. The lowest BCUT2D eigenvalue weighted by Crippen LogP contribution is -2.34. The molecule has 2 rings (SSSR count). The van der Waals surface area contributed by atoms with Gasteiger partial charge < -0.3 is 14.5 Å². The SMILES string of the molecule is COC[C@@H](NC(=O)Nc1cc(C)cc(C)n1)c1ccco1. The molecule has 0 unspecified atom stereocenters. The summed E-state index contributed by atoms with van der Waals surface area (Å²) in [5.74, 6) is 1.15. The Morgan fingerprint density at radius 3 is 2.86 bits per heavy atom. The molecule has 0 saturated carbocycles. The zero-order chi connectivity index (χ0) is 15.2. The van der Waals surface area contributed by atoms with Gasteiger partial charge in [0.2, 0.25) is 0 Å². The predicted octanol–water partition coefficient (Wildman–Crippen LogP) is 2.80. The Hall–Kier alpha value is -2.34. The summed E-state index contributed by atoms with van der Waals surface area (Å²) >= 11 is 0. The number of anilines is 1. The maximum absolute atomic E-state index is 12.1. The number of aryl methyl sites for hydroxylation is 2. The van der Waals surface area contributed by atoms with Gasteiger partial charge in [-0.05, 0) is 43.7 Å². The molecule has 0 aliphatic heterocycles. The molecule has 2 aromatic heterocycles. The highest BCUT2D eigenvalue weighted by Gasteiger charge is 2.17. The molecule has 112 valence electrons. The Bertz CT molecular complexity index is 576. The zero-order valence-corrected chi connectivity index (χ0v) is 12.3. The number of ether oxygens (including phenoxy) is 1. The molecular formula is C15H19N3O3. The van der Waals surface area contributed by atoms with Crippen molar-refractivity contribution in [2.75, 3.05) is 19.0 Å². The van der Waals surface area contributed by atoms with E-state index in [9.17, 15) is 4.79 Å². The number of rotatable bonds is 5. The summed E-state index contributed by atoms with van der Waals surface area (Å²) in [6.45, 7) is 4.15. The number of methoxy groups -OCH3 is 1. The van der Waals surface area contributed by atoms with Crippen LogP contribution in [-0.2, 0) is 4.74 Å². The fraction of sp³-hybridized carbons (Fsp3) is 0.333. The third-order valence-electron chi connectivity index (χ3n) is 2.86. The second-order valence-corrected chi connectivity index (χ2v) is 4.79.